The summed E-state index contributed by atoms with van der Waals surface area (Å²) in [6, 6.07) is 5.77. The lowest BCUT2D eigenvalue weighted by molar-refractivity contribution is 0.152. The molecule has 5 heteroatoms. The Bertz CT molecular complexity index is 694. The highest BCUT2D eigenvalue weighted by molar-refractivity contribution is 5.72. The van der Waals surface area contributed by atoms with Gasteiger partial charge in [0.25, 0.3) is 6.43 Å². The fourth-order valence-electron chi connectivity index (χ4n) is 3.32. The standard InChI is InChI=1S/C18H23F2N3/c1-4-12(2)23-8-5-6-13-10-14(16-7-9-22(3)21-16)15(18(19)20)11-17(13)23/h7,9-12,18H,4-6,8H2,1-3H3. The SMILES string of the molecule is CCC(C)N1CCCc2cc(-c3ccn(C)n3)c(C(F)F)cc21. The first-order valence-corrected chi connectivity index (χ1v) is 8.23. The van der Waals surface area contributed by atoms with Crippen molar-refractivity contribution >= 4 is 5.69 Å². The van der Waals surface area contributed by atoms with Crippen molar-refractivity contribution in [3.05, 3.63) is 35.5 Å². The molecule has 3 rings (SSSR count). The Balaban J connectivity index is 2.13. The topological polar surface area (TPSA) is 21.1 Å². The minimum absolute atomic E-state index is 0.0812. The van der Waals surface area contributed by atoms with Crippen LogP contribution in [0.1, 0.15) is 44.2 Å². The van der Waals surface area contributed by atoms with Gasteiger partial charge >= 0.3 is 0 Å². The molecular weight excluding hydrogens is 296 g/mol. The normalized spacial score (nSPS) is 15.8. The summed E-state index contributed by atoms with van der Waals surface area (Å²) in [6.07, 6.45) is 2.29. The summed E-state index contributed by atoms with van der Waals surface area (Å²) in [5, 5.41) is 4.31. The van der Waals surface area contributed by atoms with Crippen LogP contribution < -0.4 is 4.90 Å². The van der Waals surface area contributed by atoms with Crippen molar-refractivity contribution < 1.29 is 8.78 Å². The van der Waals surface area contributed by atoms with E-state index in [9.17, 15) is 8.78 Å². The van der Waals surface area contributed by atoms with Crippen LogP contribution in [-0.2, 0) is 13.5 Å². The van der Waals surface area contributed by atoms with E-state index in [1.807, 2.05) is 6.07 Å². The second kappa shape index (κ2) is 6.30. The van der Waals surface area contributed by atoms with E-state index in [0.29, 0.717) is 17.3 Å². The van der Waals surface area contributed by atoms with E-state index in [1.54, 1.807) is 30.1 Å². The van der Waals surface area contributed by atoms with Gasteiger partial charge in [-0.25, -0.2) is 8.78 Å². The van der Waals surface area contributed by atoms with Gasteiger partial charge in [0, 0.05) is 42.6 Å². The van der Waals surface area contributed by atoms with Crippen molar-refractivity contribution in [1.29, 1.82) is 0 Å². The molecule has 0 spiro atoms. The van der Waals surface area contributed by atoms with Gasteiger partial charge in [-0.05, 0) is 49.9 Å². The van der Waals surface area contributed by atoms with E-state index in [-0.39, 0.29) is 5.56 Å². The molecule has 0 radical (unpaired) electrons. The van der Waals surface area contributed by atoms with Crippen LogP contribution in [0.25, 0.3) is 11.3 Å². The number of halogens is 2. The van der Waals surface area contributed by atoms with Gasteiger partial charge < -0.3 is 4.90 Å². The average molecular weight is 319 g/mol. The molecule has 1 aliphatic rings. The van der Waals surface area contributed by atoms with Crippen LogP contribution in [0.15, 0.2) is 24.4 Å². The number of nitrogens with zero attached hydrogens (tertiary/aromatic N) is 3. The molecule has 0 N–H and O–H groups in total. The number of aryl methyl sites for hydroxylation is 2. The minimum atomic E-state index is -2.50. The Kier molecular flexibility index (Phi) is 4.37. The van der Waals surface area contributed by atoms with Crippen LogP contribution in [-0.4, -0.2) is 22.4 Å². The van der Waals surface area contributed by atoms with E-state index in [4.69, 9.17) is 0 Å². The minimum Gasteiger partial charge on any atom is -0.369 e. The molecule has 0 saturated heterocycles. The van der Waals surface area contributed by atoms with Crippen molar-refractivity contribution in [1.82, 2.24) is 9.78 Å². The number of fused-ring (bicyclic) bond motifs is 1. The number of rotatable bonds is 4. The van der Waals surface area contributed by atoms with Crippen LogP contribution in [0.2, 0.25) is 0 Å². The summed E-state index contributed by atoms with van der Waals surface area (Å²) < 4.78 is 28.9. The fraction of sp³-hybridized carbons (Fsp3) is 0.500. The molecular formula is C18H23F2N3. The number of anilines is 1. The number of aromatic nitrogens is 2. The van der Waals surface area contributed by atoms with E-state index >= 15 is 0 Å². The zero-order valence-electron chi connectivity index (χ0n) is 13.9. The van der Waals surface area contributed by atoms with Crippen LogP contribution in [0.3, 0.4) is 0 Å². The highest BCUT2D eigenvalue weighted by atomic mass is 19.3. The molecule has 3 nitrogen and oxygen atoms in total. The molecule has 23 heavy (non-hydrogen) atoms. The number of hydrogen-bond donors (Lipinski definition) is 0. The number of benzene rings is 1. The predicted molar refractivity (Wildman–Crippen MR) is 89.0 cm³/mol. The molecule has 0 saturated carbocycles. The molecule has 0 amide bonds. The second-order valence-corrected chi connectivity index (χ2v) is 6.30. The summed E-state index contributed by atoms with van der Waals surface area (Å²) in [6.45, 7) is 5.23. The Hall–Kier alpha value is -1.91. The Morgan fingerprint density at radius 1 is 1.30 bits per heavy atom. The molecule has 1 aromatic heterocycles. The quantitative estimate of drug-likeness (QED) is 0.823. The maximum Gasteiger partial charge on any atom is 0.264 e. The van der Waals surface area contributed by atoms with Crippen molar-refractivity contribution in [3.63, 3.8) is 0 Å². The summed E-state index contributed by atoms with van der Waals surface area (Å²) in [7, 11) is 1.80. The van der Waals surface area contributed by atoms with Crippen LogP contribution in [0, 0.1) is 0 Å². The first-order valence-electron chi connectivity index (χ1n) is 8.23. The van der Waals surface area contributed by atoms with E-state index in [1.165, 1.54) is 0 Å². The third-order valence-electron chi connectivity index (χ3n) is 4.75. The molecule has 0 bridgehead atoms. The van der Waals surface area contributed by atoms with Crippen molar-refractivity contribution in [2.45, 2.75) is 45.6 Å². The van der Waals surface area contributed by atoms with Gasteiger partial charge in [0.2, 0.25) is 0 Å². The Labute approximate surface area is 135 Å². The number of hydrogen-bond acceptors (Lipinski definition) is 2. The Morgan fingerprint density at radius 3 is 2.70 bits per heavy atom. The van der Waals surface area contributed by atoms with Gasteiger partial charge in [0.15, 0.2) is 0 Å². The second-order valence-electron chi connectivity index (χ2n) is 6.30. The molecule has 1 atom stereocenters. The zero-order chi connectivity index (χ0) is 16.6. The zero-order valence-corrected chi connectivity index (χ0v) is 13.9. The van der Waals surface area contributed by atoms with Gasteiger partial charge in [0.05, 0.1) is 5.69 Å². The Morgan fingerprint density at radius 2 is 2.09 bits per heavy atom. The molecule has 124 valence electrons. The maximum absolute atomic E-state index is 13.6. The highest BCUT2D eigenvalue weighted by Crippen LogP contribution is 2.39. The largest absolute Gasteiger partial charge is 0.369 e. The molecule has 0 fully saturated rings. The smallest absolute Gasteiger partial charge is 0.264 e. The van der Waals surface area contributed by atoms with Crippen molar-refractivity contribution in [2.24, 2.45) is 7.05 Å². The van der Waals surface area contributed by atoms with E-state index < -0.39 is 6.43 Å². The lowest BCUT2D eigenvalue weighted by Crippen LogP contribution is -2.37. The van der Waals surface area contributed by atoms with Gasteiger partial charge in [-0.2, -0.15) is 5.10 Å². The highest BCUT2D eigenvalue weighted by Gasteiger charge is 2.25. The summed E-state index contributed by atoms with van der Waals surface area (Å²) in [5.41, 5.74) is 3.39. The van der Waals surface area contributed by atoms with Crippen LogP contribution in [0.4, 0.5) is 14.5 Å². The summed E-state index contributed by atoms with van der Waals surface area (Å²) >= 11 is 0. The van der Waals surface area contributed by atoms with Gasteiger partial charge in [-0.3, -0.25) is 4.68 Å². The number of alkyl halides is 2. The first-order chi connectivity index (χ1) is 11.0. The fourth-order valence-corrected chi connectivity index (χ4v) is 3.32. The lowest BCUT2D eigenvalue weighted by Gasteiger charge is -2.36. The van der Waals surface area contributed by atoms with Crippen molar-refractivity contribution in [3.8, 4) is 11.3 Å². The van der Waals surface area contributed by atoms with Gasteiger partial charge in [-0.1, -0.05) is 6.92 Å². The molecule has 1 aliphatic heterocycles. The van der Waals surface area contributed by atoms with Crippen molar-refractivity contribution in [2.75, 3.05) is 11.4 Å². The first kappa shape index (κ1) is 16.0. The molecule has 1 aromatic carbocycles. The maximum atomic E-state index is 13.6. The average Bonchev–Trinajstić information content (AvgIpc) is 2.98. The lowest BCUT2D eigenvalue weighted by atomic mass is 9.93. The predicted octanol–water partition coefficient (Wildman–Crippen LogP) is 4.58. The van der Waals surface area contributed by atoms with Gasteiger partial charge in [0.1, 0.15) is 0 Å². The molecule has 1 unspecified atom stereocenters. The molecule has 0 aliphatic carbocycles. The monoisotopic (exact) mass is 319 g/mol. The molecule has 2 aromatic rings. The summed E-state index contributed by atoms with van der Waals surface area (Å²) in [4.78, 5) is 2.27. The van der Waals surface area contributed by atoms with E-state index in [2.05, 4.69) is 23.8 Å². The third-order valence-corrected chi connectivity index (χ3v) is 4.75. The van der Waals surface area contributed by atoms with E-state index in [0.717, 1.165) is 37.1 Å². The van der Waals surface area contributed by atoms with Crippen LogP contribution in [0.5, 0.6) is 0 Å². The third kappa shape index (κ3) is 2.96. The summed E-state index contributed by atoms with van der Waals surface area (Å²) in [5.74, 6) is 0. The van der Waals surface area contributed by atoms with Crippen LogP contribution >= 0.6 is 0 Å². The molecule has 2 heterocycles. The van der Waals surface area contributed by atoms with Gasteiger partial charge in [-0.15, -0.1) is 0 Å².